The van der Waals surface area contributed by atoms with Crippen LogP contribution in [0, 0.1) is 5.92 Å². The standard InChI is InChI=1S/C11H20F2N2O2/c1-11(2,3)17-10(16)15-8(9(12)13)7-4-5-14-6-7/h7-9,14H,4-6H2,1-3H3,(H,15,16). The molecule has 1 rings (SSSR count). The number of halogens is 2. The van der Waals surface area contributed by atoms with Crippen LogP contribution in [0.5, 0.6) is 0 Å². The maximum absolute atomic E-state index is 12.8. The number of amides is 1. The van der Waals surface area contributed by atoms with Crippen LogP contribution in [-0.2, 0) is 4.74 Å². The van der Waals surface area contributed by atoms with Crippen molar-refractivity contribution < 1.29 is 18.3 Å². The van der Waals surface area contributed by atoms with Crippen molar-refractivity contribution in [3.63, 3.8) is 0 Å². The summed E-state index contributed by atoms with van der Waals surface area (Å²) in [5.74, 6) is -0.234. The SMILES string of the molecule is CC(C)(C)OC(=O)NC(C(F)F)C1CCNC1. The van der Waals surface area contributed by atoms with E-state index in [0.29, 0.717) is 19.5 Å². The van der Waals surface area contributed by atoms with Gasteiger partial charge in [-0.25, -0.2) is 13.6 Å². The van der Waals surface area contributed by atoms with E-state index in [9.17, 15) is 13.6 Å². The fourth-order valence-electron chi connectivity index (χ4n) is 1.81. The van der Waals surface area contributed by atoms with Gasteiger partial charge >= 0.3 is 6.09 Å². The van der Waals surface area contributed by atoms with Gasteiger partial charge in [0.15, 0.2) is 0 Å². The van der Waals surface area contributed by atoms with Crippen LogP contribution in [0.3, 0.4) is 0 Å². The van der Waals surface area contributed by atoms with Crippen molar-refractivity contribution in [2.75, 3.05) is 13.1 Å². The molecule has 1 aliphatic heterocycles. The Bertz CT molecular complexity index is 261. The number of ether oxygens (including phenoxy) is 1. The molecule has 6 heteroatoms. The molecule has 2 N–H and O–H groups in total. The number of alkyl halides is 2. The van der Waals surface area contributed by atoms with E-state index in [1.807, 2.05) is 0 Å². The molecule has 0 bridgehead atoms. The summed E-state index contributed by atoms with van der Waals surface area (Å²) in [5.41, 5.74) is -0.676. The Balaban J connectivity index is 2.52. The van der Waals surface area contributed by atoms with E-state index < -0.39 is 24.2 Å². The first-order chi connectivity index (χ1) is 7.79. The van der Waals surface area contributed by atoms with Crippen LogP contribution >= 0.6 is 0 Å². The fraction of sp³-hybridized carbons (Fsp3) is 0.909. The molecular formula is C11H20F2N2O2. The summed E-state index contributed by atoms with van der Waals surface area (Å²) in [6.45, 7) is 6.30. The predicted octanol–water partition coefficient (Wildman–Crippen LogP) is 1.75. The molecule has 0 aromatic rings. The Morgan fingerprint density at radius 1 is 1.47 bits per heavy atom. The number of hydrogen-bond acceptors (Lipinski definition) is 3. The van der Waals surface area contributed by atoms with E-state index in [4.69, 9.17) is 4.74 Å². The van der Waals surface area contributed by atoms with Crippen molar-refractivity contribution in [3.05, 3.63) is 0 Å². The molecular weight excluding hydrogens is 230 g/mol. The smallest absolute Gasteiger partial charge is 0.408 e. The Kier molecular flexibility index (Phi) is 4.68. The van der Waals surface area contributed by atoms with Gasteiger partial charge in [-0.15, -0.1) is 0 Å². The first-order valence-corrected chi connectivity index (χ1v) is 5.78. The highest BCUT2D eigenvalue weighted by Crippen LogP contribution is 2.19. The van der Waals surface area contributed by atoms with E-state index in [1.54, 1.807) is 20.8 Å². The Hall–Kier alpha value is -0.910. The molecule has 4 nitrogen and oxygen atoms in total. The van der Waals surface area contributed by atoms with Gasteiger partial charge in [0.1, 0.15) is 5.60 Å². The van der Waals surface area contributed by atoms with Gasteiger partial charge in [-0.05, 0) is 39.7 Å². The van der Waals surface area contributed by atoms with Crippen molar-refractivity contribution in [3.8, 4) is 0 Å². The van der Waals surface area contributed by atoms with E-state index in [2.05, 4.69) is 10.6 Å². The molecule has 0 radical (unpaired) electrons. The van der Waals surface area contributed by atoms with Crippen LogP contribution in [-0.4, -0.2) is 37.3 Å². The molecule has 17 heavy (non-hydrogen) atoms. The second-order valence-corrected chi connectivity index (χ2v) is 5.26. The summed E-state index contributed by atoms with van der Waals surface area (Å²) < 4.78 is 30.7. The van der Waals surface area contributed by atoms with Crippen LogP contribution in [0.1, 0.15) is 27.2 Å². The fourth-order valence-corrected chi connectivity index (χ4v) is 1.81. The largest absolute Gasteiger partial charge is 0.444 e. The lowest BCUT2D eigenvalue weighted by atomic mass is 9.99. The van der Waals surface area contributed by atoms with E-state index >= 15 is 0 Å². The molecule has 0 spiro atoms. The van der Waals surface area contributed by atoms with Crippen molar-refractivity contribution in [2.24, 2.45) is 5.92 Å². The third-order valence-electron chi connectivity index (χ3n) is 2.56. The molecule has 0 aliphatic carbocycles. The van der Waals surface area contributed by atoms with Gasteiger partial charge in [0, 0.05) is 6.54 Å². The monoisotopic (exact) mass is 250 g/mol. The number of carbonyl (C=O) groups is 1. The molecule has 100 valence electrons. The first kappa shape index (κ1) is 14.2. The Labute approximate surface area is 100 Å². The molecule has 1 aliphatic rings. The van der Waals surface area contributed by atoms with Crippen LogP contribution in [0.2, 0.25) is 0 Å². The summed E-state index contributed by atoms with van der Waals surface area (Å²) >= 11 is 0. The summed E-state index contributed by atoms with van der Waals surface area (Å²) in [7, 11) is 0. The lowest BCUT2D eigenvalue weighted by Gasteiger charge is -2.26. The van der Waals surface area contributed by atoms with Crippen molar-refractivity contribution >= 4 is 6.09 Å². The zero-order chi connectivity index (χ0) is 13.1. The minimum atomic E-state index is -2.58. The van der Waals surface area contributed by atoms with Crippen LogP contribution in [0.25, 0.3) is 0 Å². The second kappa shape index (κ2) is 5.62. The highest BCUT2D eigenvalue weighted by Gasteiger charge is 2.34. The van der Waals surface area contributed by atoms with Crippen molar-refractivity contribution in [2.45, 2.75) is 45.3 Å². The van der Waals surface area contributed by atoms with Gasteiger partial charge in [0.25, 0.3) is 6.43 Å². The van der Waals surface area contributed by atoms with E-state index in [1.165, 1.54) is 0 Å². The number of carbonyl (C=O) groups excluding carboxylic acids is 1. The lowest BCUT2D eigenvalue weighted by molar-refractivity contribution is 0.0295. The maximum atomic E-state index is 12.8. The van der Waals surface area contributed by atoms with Gasteiger partial charge < -0.3 is 15.4 Å². The molecule has 1 amide bonds. The number of hydrogen-bond donors (Lipinski definition) is 2. The highest BCUT2D eigenvalue weighted by molar-refractivity contribution is 5.68. The average Bonchev–Trinajstić information content (AvgIpc) is 2.63. The third-order valence-corrected chi connectivity index (χ3v) is 2.56. The summed E-state index contributed by atoms with van der Waals surface area (Å²) in [5, 5.41) is 5.27. The molecule has 0 saturated carbocycles. The van der Waals surface area contributed by atoms with Crippen LogP contribution < -0.4 is 10.6 Å². The summed E-state index contributed by atoms with van der Waals surface area (Å²) in [6, 6.07) is -1.14. The molecule has 1 saturated heterocycles. The van der Waals surface area contributed by atoms with Crippen LogP contribution in [0.4, 0.5) is 13.6 Å². The average molecular weight is 250 g/mol. The first-order valence-electron chi connectivity index (χ1n) is 5.78. The maximum Gasteiger partial charge on any atom is 0.408 e. The molecule has 0 aromatic carbocycles. The molecule has 0 aromatic heterocycles. The summed E-state index contributed by atoms with van der Waals surface area (Å²) in [4.78, 5) is 11.4. The third kappa shape index (κ3) is 4.85. The quantitative estimate of drug-likeness (QED) is 0.802. The molecule has 2 atom stereocenters. The second-order valence-electron chi connectivity index (χ2n) is 5.26. The van der Waals surface area contributed by atoms with Crippen molar-refractivity contribution in [1.82, 2.24) is 10.6 Å². The topological polar surface area (TPSA) is 50.4 Å². The number of rotatable bonds is 3. The van der Waals surface area contributed by atoms with Crippen molar-refractivity contribution in [1.29, 1.82) is 0 Å². The lowest BCUT2D eigenvalue weighted by Crippen LogP contribution is -2.47. The van der Waals surface area contributed by atoms with E-state index in [0.717, 1.165) is 0 Å². The number of alkyl carbamates (subject to hydrolysis) is 1. The zero-order valence-corrected chi connectivity index (χ0v) is 10.4. The Morgan fingerprint density at radius 2 is 2.12 bits per heavy atom. The van der Waals surface area contributed by atoms with E-state index in [-0.39, 0.29) is 5.92 Å². The number of nitrogens with one attached hydrogen (secondary N) is 2. The van der Waals surface area contributed by atoms with Gasteiger partial charge in [-0.1, -0.05) is 0 Å². The predicted molar refractivity (Wildman–Crippen MR) is 60.1 cm³/mol. The summed E-state index contributed by atoms with van der Waals surface area (Å²) in [6.07, 6.45) is -2.72. The Morgan fingerprint density at radius 3 is 2.53 bits per heavy atom. The minimum absolute atomic E-state index is 0.234. The van der Waals surface area contributed by atoms with Gasteiger partial charge in [0.05, 0.1) is 6.04 Å². The molecule has 1 heterocycles. The molecule has 1 fully saturated rings. The van der Waals surface area contributed by atoms with Gasteiger partial charge in [-0.2, -0.15) is 0 Å². The normalized spacial score (nSPS) is 22.6. The van der Waals surface area contributed by atoms with Crippen LogP contribution in [0.15, 0.2) is 0 Å². The van der Waals surface area contributed by atoms with Gasteiger partial charge in [0.2, 0.25) is 0 Å². The highest BCUT2D eigenvalue weighted by atomic mass is 19.3. The van der Waals surface area contributed by atoms with Gasteiger partial charge in [-0.3, -0.25) is 0 Å². The molecule has 2 unspecified atom stereocenters. The zero-order valence-electron chi connectivity index (χ0n) is 10.4. The minimum Gasteiger partial charge on any atom is -0.444 e.